The number of aliphatic hydroxyl groups is 1. The molecule has 0 saturated carbocycles. The lowest BCUT2D eigenvalue weighted by molar-refractivity contribution is -0.173. The summed E-state index contributed by atoms with van der Waals surface area (Å²) < 4.78 is 51.4. The molecule has 0 aromatic carbocycles. The molecule has 1 unspecified atom stereocenters. The van der Waals surface area contributed by atoms with E-state index < -0.39 is 31.0 Å². The second-order valence-corrected chi connectivity index (χ2v) is 12.8. The van der Waals surface area contributed by atoms with Gasteiger partial charge in [0.25, 0.3) is 0 Å². The second kappa shape index (κ2) is 13.2. The second-order valence-electron chi connectivity index (χ2n) is 9.72. The van der Waals surface area contributed by atoms with Crippen LogP contribution in [0.3, 0.4) is 0 Å². The van der Waals surface area contributed by atoms with E-state index in [1.165, 1.54) is 6.33 Å². The summed E-state index contributed by atoms with van der Waals surface area (Å²) >= 11 is 0. The number of amides is 1. The number of ether oxygens (including phenoxy) is 2. The SMILES string of the molecule is CN(C)/C=N/c1ncnc2c1c(C#CCNC(=O)C(F)(F)F)cn2[C@H]1CC(OCSSC(C)(C)C)[C@@H](CO)O1. The van der Waals surface area contributed by atoms with Gasteiger partial charge in [-0.1, -0.05) is 54.2 Å². The Morgan fingerprint density at radius 2 is 2.13 bits per heavy atom. The van der Waals surface area contributed by atoms with Crippen LogP contribution in [-0.4, -0.2) is 93.1 Å². The third-order valence-electron chi connectivity index (χ3n) is 5.13. The van der Waals surface area contributed by atoms with E-state index in [-0.39, 0.29) is 17.5 Å². The zero-order valence-corrected chi connectivity index (χ0v) is 23.8. The van der Waals surface area contributed by atoms with Crippen molar-refractivity contribution in [2.45, 2.75) is 56.6 Å². The van der Waals surface area contributed by atoms with Gasteiger partial charge in [-0.3, -0.25) is 4.79 Å². The molecule has 0 bridgehead atoms. The quantitative estimate of drug-likeness (QED) is 0.114. The zero-order valence-electron chi connectivity index (χ0n) is 22.2. The van der Waals surface area contributed by atoms with Gasteiger partial charge in [0.05, 0.1) is 36.5 Å². The third-order valence-corrected chi connectivity index (χ3v) is 8.12. The van der Waals surface area contributed by atoms with Gasteiger partial charge in [0.2, 0.25) is 0 Å². The minimum Gasteiger partial charge on any atom is -0.394 e. The number of nitrogens with one attached hydrogen (secondary N) is 1. The molecule has 2 N–H and O–H groups in total. The predicted octanol–water partition coefficient (Wildman–Crippen LogP) is 3.49. The van der Waals surface area contributed by atoms with E-state index in [9.17, 15) is 23.1 Å². The number of carbonyl (C=O) groups is 1. The van der Waals surface area contributed by atoms with Gasteiger partial charge < -0.3 is 29.4 Å². The third kappa shape index (κ3) is 8.74. The first kappa shape index (κ1) is 31.0. The Labute approximate surface area is 232 Å². The van der Waals surface area contributed by atoms with Crippen molar-refractivity contribution < 1.29 is 32.5 Å². The smallest absolute Gasteiger partial charge is 0.394 e. The Morgan fingerprint density at radius 1 is 1.38 bits per heavy atom. The van der Waals surface area contributed by atoms with Crippen LogP contribution in [0, 0.1) is 11.8 Å². The Hall–Kier alpha value is -2.51. The maximum absolute atomic E-state index is 12.5. The molecule has 15 heteroatoms. The Balaban J connectivity index is 1.89. The topological polar surface area (TPSA) is 114 Å². The molecule has 3 rings (SSSR count). The molecule has 2 aromatic heterocycles. The van der Waals surface area contributed by atoms with Crippen LogP contribution in [0.5, 0.6) is 0 Å². The average Bonchev–Trinajstić information content (AvgIpc) is 3.43. The highest BCUT2D eigenvalue weighted by Crippen LogP contribution is 2.39. The maximum atomic E-state index is 12.5. The number of hydrogen-bond donors (Lipinski definition) is 2. The highest BCUT2D eigenvalue weighted by atomic mass is 33.1. The number of nitrogens with zero attached hydrogens (tertiary/aromatic N) is 5. The molecule has 1 aliphatic rings. The summed E-state index contributed by atoms with van der Waals surface area (Å²) in [4.78, 5) is 25.8. The molecule has 1 aliphatic heterocycles. The number of halogens is 3. The predicted molar refractivity (Wildman–Crippen MR) is 146 cm³/mol. The summed E-state index contributed by atoms with van der Waals surface area (Å²) in [5, 5.41) is 12.1. The van der Waals surface area contributed by atoms with Gasteiger partial charge >= 0.3 is 12.1 Å². The molecule has 3 atom stereocenters. The fraction of sp³-hybridized carbons (Fsp3) is 0.583. The summed E-state index contributed by atoms with van der Waals surface area (Å²) in [5.74, 6) is 3.99. The Morgan fingerprint density at radius 3 is 2.77 bits per heavy atom. The Kier molecular flexibility index (Phi) is 10.5. The van der Waals surface area contributed by atoms with E-state index in [2.05, 4.69) is 47.6 Å². The first-order valence-electron chi connectivity index (χ1n) is 11.9. The van der Waals surface area contributed by atoms with Crippen LogP contribution in [-0.2, 0) is 14.3 Å². The van der Waals surface area contributed by atoms with Gasteiger partial charge in [0.1, 0.15) is 30.2 Å². The molecule has 0 radical (unpaired) electrons. The first-order valence-corrected chi connectivity index (χ1v) is 14.2. The lowest BCUT2D eigenvalue weighted by atomic mass is 10.2. The highest BCUT2D eigenvalue weighted by Gasteiger charge is 2.39. The van der Waals surface area contributed by atoms with E-state index in [1.54, 1.807) is 63.0 Å². The van der Waals surface area contributed by atoms with Crippen molar-refractivity contribution in [3.05, 3.63) is 18.1 Å². The van der Waals surface area contributed by atoms with Crippen LogP contribution >= 0.6 is 21.6 Å². The van der Waals surface area contributed by atoms with Gasteiger partial charge in [-0.05, 0) is 0 Å². The van der Waals surface area contributed by atoms with Crippen LogP contribution in [0.15, 0.2) is 17.5 Å². The summed E-state index contributed by atoms with van der Waals surface area (Å²) in [6, 6.07) is 0. The number of fused-ring (bicyclic) bond motifs is 1. The van der Waals surface area contributed by atoms with Crippen LogP contribution in [0.4, 0.5) is 19.0 Å². The van der Waals surface area contributed by atoms with E-state index in [0.717, 1.165) is 0 Å². The molecule has 10 nitrogen and oxygen atoms in total. The number of hydrogen-bond acceptors (Lipinski definition) is 9. The number of rotatable bonds is 9. The first-order chi connectivity index (χ1) is 18.3. The van der Waals surface area contributed by atoms with Crippen molar-refractivity contribution in [2.75, 3.05) is 33.2 Å². The minimum atomic E-state index is -4.99. The number of aliphatic hydroxyl groups excluding tert-OH is 1. The van der Waals surface area contributed by atoms with Crippen molar-refractivity contribution in [2.24, 2.45) is 4.99 Å². The zero-order chi connectivity index (χ0) is 28.8. The van der Waals surface area contributed by atoms with Gasteiger partial charge in [-0.2, -0.15) is 13.2 Å². The fourth-order valence-corrected chi connectivity index (χ4v) is 5.55. The van der Waals surface area contributed by atoms with Gasteiger partial charge in [-0.15, -0.1) is 0 Å². The molecule has 2 aromatic rings. The van der Waals surface area contributed by atoms with Crippen LogP contribution in [0.2, 0.25) is 0 Å². The number of carbonyl (C=O) groups excluding carboxylic acids is 1. The van der Waals surface area contributed by atoms with Crippen LogP contribution in [0.1, 0.15) is 39.0 Å². The van der Waals surface area contributed by atoms with Crippen LogP contribution < -0.4 is 5.32 Å². The normalized spacial score (nSPS) is 19.9. The average molecular weight is 589 g/mol. The van der Waals surface area contributed by atoms with Gasteiger partial charge in [0.15, 0.2) is 5.82 Å². The van der Waals surface area contributed by atoms with E-state index in [0.29, 0.717) is 34.8 Å². The van der Waals surface area contributed by atoms with Gasteiger partial charge in [-0.25, -0.2) is 15.0 Å². The Bertz CT molecular complexity index is 1240. The molecule has 0 spiro atoms. The van der Waals surface area contributed by atoms with E-state index in [4.69, 9.17) is 9.47 Å². The lowest BCUT2D eigenvalue weighted by Gasteiger charge is -2.19. The van der Waals surface area contributed by atoms with Crippen molar-refractivity contribution >= 4 is 50.7 Å². The highest BCUT2D eigenvalue weighted by molar-refractivity contribution is 8.77. The molecule has 3 heterocycles. The minimum absolute atomic E-state index is 0.0721. The monoisotopic (exact) mass is 588 g/mol. The van der Waals surface area contributed by atoms with Crippen molar-refractivity contribution in [1.29, 1.82) is 0 Å². The molecule has 1 amide bonds. The van der Waals surface area contributed by atoms with Crippen LogP contribution in [0.25, 0.3) is 11.0 Å². The largest absolute Gasteiger partial charge is 0.471 e. The molecular formula is C24H31F3N6O4S2. The number of alkyl halides is 3. The summed E-state index contributed by atoms with van der Waals surface area (Å²) in [5.41, 5.74) is 0.836. The standard InChI is InChI=1S/C24H31F3N6O4S2/c1-23(2,3)39-38-14-36-16-9-18(37-17(16)11-34)33-10-15(7-6-8-28-22(35)24(25,26)27)19-20(31-13-32(4)5)29-12-30-21(19)33/h10,12-13,16-18,34H,8-9,11,14H2,1-5H3,(H,28,35)/b31-13+/t16?,17-,18-/m1/s1. The van der Waals surface area contributed by atoms with E-state index in [1.807, 2.05) is 0 Å². The summed E-state index contributed by atoms with van der Waals surface area (Å²) in [6.45, 7) is 5.57. The van der Waals surface area contributed by atoms with Crippen molar-refractivity contribution in [1.82, 2.24) is 24.8 Å². The van der Waals surface area contributed by atoms with Crippen molar-refractivity contribution in [3.8, 4) is 11.8 Å². The lowest BCUT2D eigenvalue weighted by Crippen LogP contribution is -2.36. The fourth-order valence-electron chi connectivity index (χ4n) is 3.54. The number of aromatic nitrogens is 3. The molecule has 39 heavy (non-hydrogen) atoms. The molecule has 1 fully saturated rings. The molecule has 214 valence electrons. The summed E-state index contributed by atoms with van der Waals surface area (Å²) in [7, 11) is 6.85. The maximum Gasteiger partial charge on any atom is 0.471 e. The molecule has 1 saturated heterocycles. The number of aliphatic imine (C=N–C) groups is 1. The van der Waals surface area contributed by atoms with Crippen molar-refractivity contribution in [3.63, 3.8) is 0 Å². The van der Waals surface area contributed by atoms with Gasteiger partial charge in [0, 0.05) is 31.5 Å². The molecular weight excluding hydrogens is 557 g/mol. The summed E-state index contributed by atoms with van der Waals surface area (Å²) in [6.07, 6.45) is -1.53. The molecule has 0 aliphatic carbocycles. The van der Waals surface area contributed by atoms with E-state index >= 15 is 0 Å².